The maximum absolute atomic E-state index is 10.8. The molecule has 0 aliphatic rings. The molecule has 0 aliphatic heterocycles. The summed E-state index contributed by atoms with van der Waals surface area (Å²) < 4.78 is 0. The first-order valence-electron chi connectivity index (χ1n) is 4.09. The van der Waals surface area contributed by atoms with Crippen molar-refractivity contribution in [3.05, 3.63) is 28.4 Å². The Balaban J connectivity index is 0.00000196. The lowest BCUT2D eigenvalue weighted by Crippen LogP contribution is -2.27. The minimum Gasteiger partial charge on any atom is -0.355 e. The average molecular weight is 252 g/mol. The van der Waals surface area contributed by atoms with Crippen molar-refractivity contribution in [2.75, 3.05) is 12.4 Å². The second-order valence-corrected chi connectivity index (χ2v) is 2.88. The van der Waals surface area contributed by atoms with Crippen molar-refractivity contribution in [2.45, 2.75) is 6.42 Å². The molecule has 0 radical (unpaired) electrons. The van der Waals surface area contributed by atoms with Gasteiger partial charge in [0.15, 0.2) is 0 Å². The number of nitrogens with one attached hydrogen (secondary N) is 2. The summed E-state index contributed by atoms with van der Waals surface area (Å²) in [4.78, 5) is 28.0. The van der Waals surface area contributed by atoms with Crippen molar-refractivity contribution in [3.63, 3.8) is 0 Å². The first-order chi connectivity index (χ1) is 6.72. The van der Waals surface area contributed by atoms with Gasteiger partial charge in [0.05, 0.1) is 0 Å². The largest absolute Gasteiger partial charge is 0.355 e. The Kier molecular flexibility index (Phi) is 6.73. The number of amides is 1. The van der Waals surface area contributed by atoms with Crippen molar-refractivity contribution in [1.29, 1.82) is 0 Å². The number of hydrogen-bond donors (Lipinski definition) is 2. The molecule has 84 valence electrons. The monoisotopic (exact) mass is 251 g/mol. The van der Waals surface area contributed by atoms with Crippen molar-refractivity contribution >= 4 is 29.9 Å². The Morgan fingerprint density at radius 3 is 2.93 bits per heavy atom. The van der Waals surface area contributed by atoms with Crippen LogP contribution in [0, 0.1) is 0 Å². The second-order valence-electron chi connectivity index (χ2n) is 2.61. The summed E-state index contributed by atoms with van der Waals surface area (Å²) in [5.41, 5.74) is -0.196. The fourth-order valence-corrected chi connectivity index (χ4v) is 1.00. The van der Waals surface area contributed by atoms with Crippen LogP contribution in [-0.4, -0.2) is 28.3 Å². The lowest BCUT2D eigenvalue weighted by molar-refractivity contribution is -0.118. The standard InChI is InChI=1S/C8H10ClN3O2.ClH/c9-5-8(14)11-3-1-6-10-4-2-7(13)12-6;/h2,4H,1,3,5H2,(H,11,14)(H,10,12,13);1H. The highest BCUT2D eigenvalue weighted by Gasteiger charge is 1.98. The molecule has 0 spiro atoms. The Hall–Kier alpha value is -1.07. The van der Waals surface area contributed by atoms with Crippen LogP contribution in [0.4, 0.5) is 0 Å². The van der Waals surface area contributed by atoms with Gasteiger partial charge in [-0.05, 0) is 0 Å². The number of carbonyl (C=O) groups is 1. The summed E-state index contributed by atoms with van der Waals surface area (Å²) >= 11 is 5.27. The molecule has 5 nitrogen and oxygen atoms in total. The van der Waals surface area contributed by atoms with E-state index in [-0.39, 0.29) is 29.8 Å². The van der Waals surface area contributed by atoms with E-state index in [1.165, 1.54) is 12.3 Å². The number of alkyl halides is 1. The molecule has 1 aromatic heterocycles. The third kappa shape index (κ3) is 5.39. The van der Waals surface area contributed by atoms with E-state index in [0.717, 1.165) is 0 Å². The molecule has 1 heterocycles. The molecule has 2 N–H and O–H groups in total. The number of halogens is 2. The first-order valence-corrected chi connectivity index (χ1v) is 4.62. The Bertz CT molecular complexity index is 367. The Labute approximate surface area is 97.7 Å². The zero-order valence-corrected chi connectivity index (χ0v) is 9.40. The zero-order valence-electron chi connectivity index (χ0n) is 7.83. The maximum atomic E-state index is 10.8. The molecular formula is C8H11Cl2N3O2. The normalized spacial score (nSPS) is 9.13. The van der Waals surface area contributed by atoms with Gasteiger partial charge in [-0.1, -0.05) is 0 Å². The van der Waals surface area contributed by atoms with Crippen molar-refractivity contribution < 1.29 is 4.79 Å². The molecule has 0 bridgehead atoms. The molecule has 0 saturated carbocycles. The van der Waals surface area contributed by atoms with Crippen LogP contribution >= 0.6 is 24.0 Å². The van der Waals surface area contributed by atoms with Crippen LogP contribution in [0.1, 0.15) is 5.82 Å². The molecule has 0 unspecified atom stereocenters. The summed E-state index contributed by atoms with van der Waals surface area (Å²) in [5, 5.41) is 2.57. The number of rotatable bonds is 4. The van der Waals surface area contributed by atoms with Crippen molar-refractivity contribution in [1.82, 2.24) is 15.3 Å². The summed E-state index contributed by atoms with van der Waals surface area (Å²) in [5.74, 6) is 0.260. The molecule has 7 heteroatoms. The van der Waals surface area contributed by atoms with E-state index < -0.39 is 0 Å². The van der Waals surface area contributed by atoms with Crippen LogP contribution in [0.5, 0.6) is 0 Å². The zero-order chi connectivity index (χ0) is 10.4. The molecule has 1 aromatic rings. The van der Waals surface area contributed by atoms with E-state index in [4.69, 9.17) is 11.6 Å². The highest BCUT2D eigenvalue weighted by Crippen LogP contribution is 1.84. The van der Waals surface area contributed by atoms with E-state index in [0.29, 0.717) is 18.8 Å². The molecule has 0 aromatic carbocycles. The number of aromatic amines is 1. The summed E-state index contributed by atoms with van der Waals surface area (Å²) in [7, 11) is 0. The predicted molar refractivity (Wildman–Crippen MR) is 59.5 cm³/mol. The van der Waals surface area contributed by atoms with Crippen LogP contribution in [0.2, 0.25) is 0 Å². The number of H-pyrrole nitrogens is 1. The van der Waals surface area contributed by atoms with Crippen LogP contribution in [0.25, 0.3) is 0 Å². The van der Waals surface area contributed by atoms with Crippen LogP contribution < -0.4 is 10.9 Å². The lowest BCUT2D eigenvalue weighted by Gasteiger charge is -2.01. The van der Waals surface area contributed by atoms with Gasteiger partial charge in [0.2, 0.25) is 5.91 Å². The van der Waals surface area contributed by atoms with Gasteiger partial charge in [-0.15, -0.1) is 24.0 Å². The number of hydrogen-bond acceptors (Lipinski definition) is 3. The topological polar surface area (TPSA) is 74.8 Å². The van der Waals surface area contributed by atoms with E-state index in [2.05, 4.69) is 15.3 Å². The first kappa shape index (κ1) is 13.9. The molecule has 0 fully saturated rings. The second kappa shape index (κ2) is 7.25. The van der Waals surface area contributed by atoms with Gasteiger partial charge in [0.1, 0.15) is 11.7 Å². The average Bonchev–Trinajstić information content (AvgIpc) is 2.17. The van der Waals surface area contributed by atoms with Gasteiger partial charge in [-0.3, -0.25) is 9.59 Å². The number of carbonyl (C=O) groups excluding carboxylic acids is 1. The van der Waals surface area contributed by atoms with E-state index in [9.17, 15) is 9.59 Å². The molecule has 1 rings (SSSR count). The smallest absolute Gasteiger partial charge is 0.250 e. The number of aromatic nitrogens is 2. The molecule has 0 saturated heterocycles. The molecule has 0 aliphatic carbocycles. The fourth-order valence-electron chi connectivity index (χ4n) is 0.906. The summed E-state index contributed by atoms with van der Waals surface area (Å²) in [6, 6.07) is 1.33. The Morgan fingerprint density at radius 2 is 2.33 bits per heavy atom. The maximum Gasteiger partial charge on any atom is 0.250 e. The number of nitrogens with zero attached hydrogens (tertiary/aromatic N) is 1. The van der Waals surface area contributed by atoms with Crippen LogP contribution in [-0.2, 0) is 11.2 Å². The van der Waals surface area contributed by atoms with E-state index in [1.54, 1.807) is 0 Å². The third-order valence-corrected chi connectivity index (χ3v) is 1.77. The highest BCUT2D eigenvalue weighted by molar-refractivity contribution is 6.27. The van der Waals surface area contributed by atoms with Gasteiger partial charge in [0.25, 0.3) is 5.56 Å². The van der Waals surface area contributed by atoms with Crippen LogP contribution in [0.15, 0.2) is 17.1 Å². The lowest BCUT2D eigenvalue weighted by atomic mass is 10.4. The minimum atomic E-state index is -0.232. The highest BCUT2D eigenvalue weighted by atomic mass is 35.5. The van der Waals surface area contributed by atoms with Crippen molar-refractivity contribution in [3.8, 4) is 0 Å². The molecule has 1 amide bonds. The molecule has 15 heavy (non-hydrogen) atoms. The van der Waals surface area contributed by atoms with E-state index in [1.807, 2.05) is 0 Å². The molecular weight excluding hydrogens is 241 g/mol. The van der Waals surface area contributed by atoms with Gasteiger partial charge in [0, 0.05) is 25.2 Å². The van der Waals surface area contributed by atoms with Gasteiger partial charge in [-0.25, -0.2) is 4.98 Å². The SMILES string of the molecule is Cl.O=C(CCl)NCCc1nccc(=O)[nH]1. The van der Waals surface area contributed by atoms with E-state index >= 15 is 0 Å². The van der Waals surface area contributed by atoms with Crippen LogP contribution in [0.3, 0.4) is 0 Å². The predicted octanol–water partition coefficient (Wildman–Crippen LogP) is 0.0892. The summed E-state index contributed by atoms with van der Waals surface area (Å²) in [6.07, 6.45) is 1.91. The summed E-state index contributed by atoms with van der Waals surface area (Å²) in [6.45, 7) is 0.415. The fraction of sp³-hybridized carbons (Fsp3) is 0.375. The minimum absolute atomic E-state index is 0. The van der Waals surface area contributed by atoms with Gasteiger partial charge >= 0.3 is 0 Å². The van der Waals surface area contributed by atoms with Crippen molar-refractivity contribution in [2.24, 2.45) is 0 Å². The van der Waals surface area contributed by atoms with Gasteiger partial charge in [-0.2, -0.15) is 0 Å². The van der Waals surface area contributed by atoms with Gasteiger partial charge < -0.3 is 10.3 Å². The molecule has 0 atom stereocenters. The third-order valence-electron chi connectivity index (χ3n) is 1.53. The Morgan fingerprint density at radius 1 is 1.60 bits per heavy atom. The quantitative estimate of drug-likeness (QED) is 0.745.